The molecule has 0 aliphatic carbocycles. The van der Waals surface area contributed by atoms with Gasteiger partial charge < -0.3 is 4.74 Å². The zero-order valence-electron chi connectivity index (χ0n) is 7.15. The summed E-state index contributed by atoms with van der Waals surface area (Å²) in [5.74, 6) is 0. The van der Waals surface area contributed by atoms with Crippen LogP contribution in [0.1, 0.15) is 12.8 Å². The minimum atomic E-state index is -3.23. The molecule has 2 aliphatic rings. The third-order valence-corrected chi connectivity index (χ3v) is 4.73. The second-order valence-electron chi connectivity index (χ2n) is 3.50. The topological polar surface area (TPSA) is 46.6 Å². The molecule has 0 aromatic carbocycles. The fourth-order valence-electron chi connectivity index (χ4n) is 1.87. The van der Waals surface area contributed by atoms with E-state index in [1.54, 1.807) is 0 Å². The van der Waals surface area contributed by atoms with Crippen molar-refractivity contribution in [2.75, 3.05) is 18.3 Å². The first-order valence-corrected chi connectivity index (χ1v) is 6.45. The lowest BCUT2D eigenvalue weighted by Gasteiger charge is -2.30. The lowest BCUT2D eigenvalue weighted by Crippen LogP contribution is -2.46. The number of rotatable bonds is 2. The van der Waals surface area contributed by atoms with Gasteiger partial charge in [0, 0.05) is 13.1 Å². The molecule has 13 heavy (non-hydrogen) atoms. The van der Waals surface area contributed by atoms with Gasteiger partial charge in [-0.05, 0) is 12.8 Å². The van der Waals surface area contributed by atoms with Crippen LogP contribution in [0.15, 0.2) is 0 Å². The Morgan fingerprint density at radius 1 is 1.31 bits per heavy atom. The van der Waals surface area contributed by atoms with Crippen LogP contribution in [0.25, 0.3) is 0 Å². The molecular weight excluding hydrogens is 214 g/mol. The summed E-state index contributed by atoms with van der Waals surface area (Å²) in [6, 6.07) is 0. The zero-order valence-corrected chi connectivity index (χ0v) is 8.72. The van der Waals surface area contributed by atoms with Crippen molar-refractivity contribution in [2.45, 2.75) is 25.0 Å². The van der Waals surface area contributed by atoms with E-state index >= 15 is 0 Å². The van der Waals surface area contributed by atoms with Crippen molar-refractivity contribution in [3.05, 3.63) is 0 Å². The van der Waals surface area contributed by atoms with Crippen molar-refractivity contribution >= 4 is 21.6 Å². The van der Waals surface area contributed by atoms with E-state index in [-0.39, 0.29) is 17.4 Å². The fourth-order valence-corrected chi connectivity index (χ4v) is 3.21. The van der Waals surface area contributed by atoms with E-state index in [9.17, 15) is 8.42 Å². The predicted molar refractivity (Wildman–Crippen MR) is 49.1 cm³/mol. The summed E-state index contributed by atoms with van der Waals surface area (Å²) >= 11 is 5.37. The maximum Gasteiger partial charge on any atom is 0.228 e. The molecule has 0 radical (unpaired) electrons. The van der Waals surface area contributed by atoms with Gasteiger partial charge in [0.2, 0.25) is 10.0 Å². The molecule has 4 nitrogen and oxygen atoms in total. The minimum Gasteiger partial charge on any atom is -0.372 e. The molecule has 0 saturated carbocycles. The summed E-state index contributed by atoms with van der Waals surface area (Å²) in [7, 11) is -3.23. The number of nitrogens with zero attached hydrogens (tertiary/aromatic N) is 1. The highest BCUT2D eigenvalue weighted by atomic mass is 35.5. The molecule has 2 bridgehead atoms. The van der Waals surface area contributed by atoms with Gasteiger partial charge in [0.1, 0.15) is 5.21 Å². The summed E-state index contributed by atoms with van der Waals surface area (Å²) < 4.78 is 29.8. The smallest absolute Gasteiger partial charge is 0.228 e. The van der Waals surface area contributed by atoms with Crippen LogP contribution in [0.5, 0.6) is 0 Å². The van der Waals surface area contributed by atoms with E-state index in [2.05, 4.69) is 0 Å². The summed E-state index contributed by atoms with van der Waals surface area (Å²) in [6.07, 6.45) is 2.13. The van der Waals surface area contributed by atoms with E-state index in [0.29, 0.717) is 13.1 Å². The molecule has 0 N–H and O–H groups in total. The third kappa shape index (κ3) is 1.83. The molecule has 76 valence electrons. The summed E-state index contributed by atoms with van der Waals surface area (Å²) in [5.41, 5.74) is 0. The summed E-state index contributed by atoms with van der Waals surface area (Å²) in [5, 5.41) is -0.327. The molecule has 0 amide bonds. The van der Waals surface area contributed by atoms with Gasteiger partial charge in [-0.3, -0.25) is 0 Å². The van der Waals surface area contributed by atoms with E-state index < -0.39 is 10.0 Å². The van der Waals surface area contributed by atoms with Crippen LogP contribution in [0, 0.1) is 0 Å². The van der Waals surface area contributed by atoms with Gasteiger partial charge in [-0.1, -0.05) is 0 Å². The molecule has 2 unspecified atom stereocenters. The Bertz CT molecular complexity index is 280. The van der Waals surface area contributed by atoms with E-state index in [4.69, 9.17) is 16.3 Å². The maximum atomic E-state index is 11.4. The number of halogens is 1. The third-order valence-electron chi connectivity index (χ3n) is 2.54. The second kappa shape index (κ2) is 3.38. The van der Waals surface area contributed by atoms with Gasteiger partial charge in [-0.15, -0.1) is 11.6 Å². The molecular formula is C7H12ClNO3S. The first kappa shape index (κ1) is 9.71. The molecule has 2 fully saturated rings. The van der Waals surface area contributed by atoms with Crippen molar-refractivity contribution < 1.29 is 13.2 Å². The predicted octanol–water partition coefficient (Wildman–Crippen LogP) is 0.376. The molecule has 2 rings (SSSR count). The Labute approximate surface area is 82.9 Å². The van der Waals surface area contributed by atoms with E-state index in [1.165, 1.54) is 4.31 Å². The number of hydrogen-bond donors (Lipinski definition) is 0. The molecule has 6 heteroatoms. The number of fused-ring (bicyclic) bond motifs is 2. The monoisotopic (exact) mass is 225 g/mol. The number of hydrogen-bond acceptors (Lipinski definition) is 3. The van der Waals surface area contributed by atoms with Gasteiger partial charge in [0.05, 0.1) is 12.2 Å². The number of ether oxygens (including phenoxy) is 1. The van der Waals surface area contributed by atoms with Crippen molar-refractivity contribution in [1.82, 2.24) is 4.31 Å². The van der Waals surface area contributed by atoms with Gasteiger partial charge >= 0.3 is 0 Å². The van der Waals surface area contributed by atoms with Crippen LogP contribution in [0.2, 0.25) is 0 Å². The van der Waals surface area contributed by atoms with E-state index in [1.807, 2.05) is 0 Å². The molecule has 2 aliphatic heterocycles. The standard InChI is InChI=1S/C7H12ClNO3S/c8-5-13(10,11)9-3-6-1-2-7(4-9)12-6/h6-7H,1-5H2. The number of sulfonamides is 1. The Morgan fingerprint density at radius 2 is 1.85 bits per heavy atom. The van der Waals surface area contributed by atoms with Crippen LogP contribution in [-0.2, 0) is 14.8 Å². The van der Waals surface area contributed by atoms with Crippen molar-refractivity contribution in [3.8, 4) is 0 Å². The average molecular weight is 226 g/mol. The van der Waals surface area contributed by atoms with Gasteiger partial charge in [0.25, 0.3) is 0 Å². The number of morpholine rings is 1. The van der Waals surface area contributed by atoms with Crippen LogP contribution in [0.4, 0.5) is 0 Å². The number of alkyl halides is 1. The molecule has 2 saturated heterocycles. The maximum absolute atomic E-state index is 11.4. The SMILES string of the molecule is O=S(=O)(CCl)N1CC2CCC(C1)O2. The van der Waals surface area contributed by atoms with Crippen molar-refractivity contribution in [2.24, 2.45) is 0 Å². The molecule has 0 aromatic heterocycles. The largest absolute Gasteiger partial charge is 0.372 e. The van der Waals surface area contributed by atoms with Crippen molar-refractivity contribution in [3.63, 3.8) is 0 Å². The Hall–Kier alpha value is 0.160. The van der Waals surface area contributed by atoms with Gasteiger partial charge in [-0.25, -0.2) is 8.42 Å². The van der Waals surface area contributed by atoms with Crippen LogP contribution in [0.3, 0.4) is 0 Å². The second-order valence-corrected chi connectivity index (χ2v) is 6.05. The summed E-state index contributed by atoms with van der Waals surface area (Å²) in [4.78, 5) is 0. The normalized spacial score (nSPS) is 35.2. The lowest BCUT2D eigenvalue weighted by molar-refractivity contribution is -0.0113. The summed E-state index contributed by atoms with van der Waals surface area (Å²) in [6.45, 7) is 0.955. The molecule has 2 heterocycles. The molecule has 0 aromatic rings. The highest BCUT2D eigenvalue weighted by Gasteiger charge is 2.38. The average Bonchev–Trinajstić information content (AvgIpc) is 2.45. The van der Waals surface area contributed by atoms with Gasteiger partial charge in [0.15, 0.2) is 0 Å². The van der Waals surface area contributed by atoms with Crippen LogP contribution in [-0.4, -0.2) is 43.2 Å². The highest BCUT2D eigenvalue weighted by Crippen LogP contribution is 2.27. The van der Waals surface area contributed by atoms with E-state index in [0.717, 1.165) is 12.8 Å². The lowest BCUT2D eigenvalue weighted by atomic mass is 10.2. The zero-order chi connectivity index (χ0) is 9.47. The quantitative estimate of drug-likeness (QED) is 0.639. The molecule has 0 spiro atoms. The Morgan fingerprint density at radius 3 is 2.31 bits per heavy atom. The Balaban J connectivity index is 2.11. The first-order chi connectivity index (χ1) is 6.12. The Kier molecular flexibility index (Phi) is 2.53. The van der Waals surface area contributed by atoms with Crippen molar-refractivity contribution in [1.29, 1.82) is 0 Å². The minimum absolute atomic E-state index is 0.0942. The van der Waals surface area contributed by atoms with Gasteiger partial charge in [-0.2, -0.15) is 4.31 Å². The molecule has 2 atom stereocenters. The highest BCUT2D eigenvalue weighted by molar-refractivity contribution is 7.90. The fraction of sp³-hybridized carbons (Fsp3) is 1.00. The van der Waals surface area contributed by atoms with Crippen LogP contribution < -0.4 is 0 Å². The van der Waals surface area contributed by atoms with Crippen LogP contribution >= 0.6 is 11.6 Å². The first-order valence-electron chi connectivity index (χ1n) is 4.31.